The van der Waals surface area contributed by atoms with Crippen LogP contribution in [0.25, 0.3) is 11.1 Å². The van der Waals surface area contributed by atoms with Gasteiger partial charge in [0.1, 0.15) is 0 Å². The number of hydrogen-bond donors (Lipinski definition) is 0. The van der Waals surface area contributed by atoms with E-state index in [1.807, 2.05) is 0 Å². The average molecular weight is 501 g/mol. The van der Waals surface area contributed by atoms with Crippen molar-refractivity contribution in [3.05, 3.63) is 144 Å². The Hall–Kier alpha value is -4.04. The van der Waals surface area contributed by atoms with Crippen LogP contribution in [0.4, 0.5) is 11.4 Å². The molecule has 0 amide bonds. The fourth-order valence-electron chi connectivity index (χ4n) is 5.00. The zero-order chi connectivity index (χ0) is 26.7. The molecule has 0 unspecified atom stereocenters. The highest BCUT2D eigenvalue weighted by Gasteiger charge is 2.10. The van der Waals surface area contributed by atoms with Gasteiger partial charge >= 0.3 is 0 Å². The molecule has 194 valence electrons. The number of nitrogens with zero attached hydrogens (tertiary/aromatic N) is 2. The van der Waals surface area contributed by atoms with Crippen LogP contribution in [0.3, 0.4) is 0 Å². The minimum absolute atomic E-state index is 1.01. The minimum Gasteiger partial charge on any atom is -0.372 e. The van der Waals surface area contributed by atoms with Gasteiger partial charge in [-0.15, -0.1) is 0 Å². The molecule has 4 rings (SSSR count). The van der Waals surface area contributed by atoms with Gasteiger partial charge in [-0.1, -0.05) is 97.1 Å². The van der Waals surface area contributed by atoms with Crippen LogP contribution >= 0.6 is 0 Å². The highest BCUT2D eigenvalue weighted by atomic mass is 15.1. The Morgan fingerprint density at radius 1 is 0.421 bits per heavy atom. The van der Waals surface area contributed by atoms with Gasteiger partial charge in [0.15, 0.2) is 0 Å². The molecule has 2 nitrogen and oxygen atoms in total. The van der Waals surface area contributed by atoms with Gasteiger partial charge in [-0.2, -0.15) is 0 Å². The van der Waals surface area contributed by atoms with E-state index < -0.39 is 0 Å². The SMILES string of the molecule is CCN(CC)c1ccc(C(=CC=C(c2ccccc2)c2ccc(N(CC)CC)cc2)c2ccccc2)cc1. The summed E-state index contributed by atoms with van der Waals surface area (Å²) in [6, 6.07) is 39.4. The Balaban J connectivity index is 1.80. The predicted molar refractivity (Wildman–Crippen MR) is 167 cm³/mol. The van der Waals surface area contributed by atoms with Crippen LogP contribution in [0, 0.1) is 0 Å². The van der Waals surface area contributed by atoms with E-state index in [1.165, 1.54) is 44.8 Å². The van der Waals surface area contributed by atoms with E-state index in [0.717, 1.165) is 26.2 Å². The lowest BCUT2D eigenvalue weighted by Crippen LogP contribution is -2.21. The lowest BCUT2D eigenvalue weighted by molar-refractivity contribution is 0.866. The third-order valence-corrected chi connectivity index (χ3v) is 7.20. The van der Waals surface area contributed by atoms with Crippen molar-refractivity contribution >= 4 is 22.5 Å². The first-order chi connectivity index (χ1) is 18.7. The first-order valence-corrected chi connectivity index (χ1v) is 13.9. The topological polar surface area (TPSA) is 6.48 Å². The van der Waals surface area contributed by atoms with Crippen molar-refractivity contribution in [2.45, 2.75) is 27.7 Å². The monoisotopic (exact) mass is 500 g/mol. The molecule has 0 bridgehead atoms. The third-order valence-electron chi connectivity index (χ3n) is 7.20. The number of hydrogen-bond acceptors (Lipinski definition) is 2. The zero-order valence-electron chi connectivity index (χ0n) is 23.3. The van der Waals surface area contributed by atoms with Crippen molar-refractivity contribution in [3.8, 4) is 0 Å². The van der Waals surface area contributed by atoms with Crippen LogP contribution < -0.4 is 9.80 Å². The van der Waals surface area contributed by atoms with Gasteiger partial charge in [0.25, 0.3) is 0 Å². The van der Waals surface area contributed by atoms with Crippen LogP contribution in [0.1, 0.15) is 49.9 Å². The van der Waals surface area contributed by atoms with E-state index in [-0.39, 0.29) is 0 Å². The Kier molecular flexibility index (Phi) is 9.59. The highest BCUT2D eigenvalue weighted by Crippen LogP contribution is 2.30. The molecule has 0 N–H and O–H groups in total. The summed E-state index contributed by atoms with van der Waals surface area (Å²) in [5.74, 6) is 0. The number of allylic oxidation sites excluding steroid dienone is 2. The maximum atomic E-state index is 2.38. The van der Waals surface area contributed by atoms with Crippen molar-refractivity contribution in [3.63, 3.8) is 0 Å². The first kappa shape index (κ1) is 27.0. The van der Waals surface area contributed by atoms with Crippen molar-refractivity contribution in [2.75, 3.05) is 36.0 Å². The molecule has 0 aliphatic heterocycles. The van der Waals surface area contributed by atoms with Crippen LogP contribution in [0.2, 0.25) is 0 Å². The summed E-state index contributed by atoms with van der Waals surface area (Å²) >= 11 is 0. The Labute approximate surface area is 229 Å². The maximum Gasteiger partial charge on any atom is 0.0366 e. The molecule has 0 spiro atoms. The Morgan fingerprint density at radius 3 is 1.00 bits per heavy atom. The second-order valence-electron chi connectivity index (χ2n) is 9.33. The standard InChI is InChI=1S/C36H40N2/c1-5-37(6-2)33-23-19-31(20-24-33)35(29-15-11-9-12-16-29)27-28-36(30-17-13-10-14-18-30)32-21-25-34(26-22-32)38(7-3)8-4/h9-28H,5-8H2,1-4H3. The molecule has 0 saturated carbocycles. The molecule has 0 atom stereocenters. The van der Waals surface area contributed by atoms with E-state index in [1.54, 1.807) is 0 Å². The molecule has 0 aliphatic rings. The fourth-order valence-corrected chi connectivity index (χ4v) is 5.00. The van der Waals surface area contributed by atoms with Gasteiger partial charge in [-0.3, -0.25) is 0 Å². The summed E-state index contributed by atoms with van der Waals surface area (Å²) < 4.78 is 0. The molecule has 2 heteroatoms. The van der Waals surface area contributed by atoms with Gasteiger partial charge in [-0.05, 0) is 85.4 Å². The van der Waals surface area contributed by atoms with E-state index in [0.29, 0.717) is 0 Å². The molecule has 0 fully saturated rings. The normalized spacial score (nSPS) is 11.9. The molecule has 4 aromatic carbocycles. The quantitative estimate of drug-likeness (QED) is 0.190. The Bertz CT molecular complexity index is 1200. The molecule has 38 heavy (non-hydrogen) atoms. The molecular formula is C36H40N2. The van der Waals surface area contributed by atoms with Crippen molar-refractivity contribution in [1.82, 2.24) is 0 Å². The van der Waals surface area contributed by atoms with Gasteiger partial charge in [0.05, 0.1) is 0 Å². The number of rotatable bonds is 11. The van der Waals surface area contributed by atoms with Gasteiger partial charge in [0.2, 0.25) is 0 Å². The van der Waals surface area contributed by atoms with E-state index in [9.17, 15) is 0 Å². The zero-order valence-corrected chi connectivity index (χ0v) is 23.3. The van der Waals surface area contributed by atoms with Gasteiger partial charge in [-0.25, -0.2) is 0 Å². The molecule has 0 aliphatic carbocycles. The second kappa shape index (κ2) is 13.5. The smallest absolute Gasteiger partial charge is 0.0366 e. The molecular weight excluding hydrogens is 460 g/mol. The fraction of sp³-hybridized carbons (Fsp3) is 0.222. The number of benzene rings is 4. The summed E-state index contributed by atoms with van der Waals surface area (Å²) in [5.41, 5.74) is 9.81. The predicted octanol–water partition coefficient (Wildman–Crippen LogP) is 8.94. The van der Waals surface area contributed by atoms with Crippen molar-refractivity contribution in [2.24, 2.45) is 0 Å². The molecule has 4 aromatic rings. The van der Waals surface area contributed by atoms with Crippen molar-refractivity contribution in [1.29, 1.82) is 0 Å². The third kappa shape index (κ3) is 6.44. The van der Waals surface area contributed by atoms with Crippen molar-refractivity contribution < 1.29 is 0 Å². The highest BCUT2D eigenvalue weighted by molar-refractivity contribution is 5.86. The molecule has 0 heterocycles. The first-order valence-electron chi connectivity index (χ1n) is 13.9. The van der Waals surface area contributed by atoms with Crippen LogP contribution in [0.15, 0.2) is 121 Å². The van der Waals surface area contributed by atoms with Gasteiger partial charge in [0, 0.05) is 37.6 Å². The average Bonchev–Trinajstić information content (AvgIpc) is 2.99. The largest absolute Gasteiger partial charge is 0.372 e. The van der Waals surface area contributed by atoms with E-state index >= 15 is 0 Å². The summed E-state index contributed by atoms with van der Waals surface area (Å²) in [6.45, 7) is 12.9. The van der Waals surface area contributed by atoms with E-state index in [2.05, 4.69) is 159 Å². The summed E-state index contributed by atoms with van der Waals surface area (Å²) in [4.78, 5) is 4.76. The van der Waals surface area contributed by atoms with Crippen LogP contribution in [-0.2, 0) is 0 Å². The molecule has 0 radical (unpaired) electrons. The molecule has 0 aromatic heterocycles. The van der Waals surface area contributed by atoms with Gasteiger partial charge < -0.3 is 9.80 Å². The summed E-state index contributed by atoms with van der Waals surface area (Å²) in [7, 11) is 0. The van der Waals surface area contributed by atoms with Crippen LogP contribution in [0.5, 0.6) is 0 Å². The number of anilines is 2. The maximum absolute atomic E-state index is 2.38. The molecule has 0 saturated heterocycles. The lowest BCUT2D eigenvalue weighted by atomic mass is 9.93. The Morgan fingerprint density at radius 2 is 0.711 bits per heavy atom. The van der Waals surface area contributed by atoms with Crippen LogP contribution in [-0.4, -0.2) is 26.2 Å². The second-order valence-corrected chi connectivity index (χ2v) is 9.33. The van der Waals surface area contributed by atoms with E-state index in [4.69, 9.17) is 0 Å². The summed E-state index contributed by atoms with van der Waals surface area (Å²) in [5, 5.41) is 0. The summed E-state index contributed by atoms with van der Waals surface area (Å²) in [6.07, 6.45) is 4.56. The minimum atomic E-state index is 1.01. The lowest BCUT2D eigenvalue weighted by Gasteiger charge is -2.21.